The summed E-state index contributed by atoms with van der Waals surface area (Å²) in [6.45, 7) is 1.48. The predicted octanol–water partition coefficient (Wildman–Crippen LogP) is 3.89. The van der Waals surface area contributed by atoms with Crippen LogP contribution in [-0.4, -0.2) is 22.8 Å². The molecule has 1 fully saturated rings. The molecule has 1 aromatic carbocycles. The number of nitrogens with one attached hydrogen (secondary N) is 1. The number of amides is 1. The molecule has 0 atom stereocenters. The summed E-state index contributed by atoms with van der Waals surface area (Å²) in [6.07, 6.45) is 4.41. The van der Waals surface area contributed by atoms with E-state index in [0.29, 0.717) is 28.6 Å². The van der Waals surface area contributed by atoms with Crippen molar-refractivity contribution in [2.75, 3.05) is 5.32 Å². The summed E-state index contributed by atoms with van der Waals surface area (Å²) >= 11 is 1.19. The van der Waals surface area contributed by atoms with Crippen LogP contribution in [0.5, 0.6) is 5.75 Å². The van der Waals surface area contributed by atoms with Gasteiger partial charge < -0.3 is 14.5 Å². The molecule has 128 valence electrons. The van der Waals surface area contributed by atoms with Crippen molar-refractivity contribution < 1.29 is 18.7 Å². The van der Waals surface area contributed by atoms with Gasteiger partial charge in [-0.2, -0.15) is 0 Å². The minimum Gasteiger partial charge on any atom is -0.486 e. The number of para-hydroxylation sites is 1. The summed E-state index contributed by atoms with van der Waals surface area (Å²) in [5.74, 6) is 0.464. The van der Waals surface area contributed by atoms with Gasteiger partial charge in [0.2, 0.25) is 5.91 Å². The van der Waals surface area contributed by atoms with Gasteiger partial charge in [-0.05, 0) is 25.0 Å². The average molecular weight is 356 g/mol. The van der Waals surface area contributed by atoms with E-state index in [1.165, 1.54) is 24.5 Å². The number of hydrogen-bond donors (Lipinski definition) is 1. The largest absolute Gasteiger partial charge is 0.486 e. The number of Topliss-reactive ketones (excluding diaryl/α,β-unsaturated/α-hetero) is 1. The molecule has 1 aliphatic rings. The Kier molecular flexibility index (Phi) is 4.01. The van der Waals surface area contributed by atoms with E-state index in [9.17, 15) is 9.59 Å². The van der Waals surface area contributed by atoms with Crippen molar-refractivity contribution in [3.63, 3.8) is 0 Å². The summed E-state index contributed by atoms with van der Waals surface area (Å²) in [6, 6.07) is 7.65. The molecule has 0 aliphatic heterocycles. The zero-order valence-electron chi connectivity index (χ0n) is 13.5. The van der Waals surface area contributed by atoms with Crippen LogP contribution in [0.15, 0.2) is 41.1 Å². The van der Waals surface area contributed by atoms with E-state index in [1.807, 2.05) is 24.3 Å². The molecule has 0 unspecified atom stereocenters. The number of hydrogen-bond acceptors (Lipinski definition) is 6. The Morgan fingerprint density at radius 3 is 2.92 bits per heavy atom. The maximum absolute atomic E-state index is 12.2. The molecule has 1 N–H and O–H groups in total. The molecule has 0 radical (unpaired) electrons. The number of rotatable bonds is 5. The number of thiazole rings is 1. The van der Waals surface area contributed by atoms with Crippen LogP contribution in [-0.2, 0) is 4.79 Å². The van der Waals surface area contributed by atoms with Gasteiger partial charge in [0.05, 0.1) is 17.3 Å². The standard InChI is InChI=1S/C18H16N2O4S/c1-10(21)15-9-19-18(25-15)20-17(22)12-7-13(8-12)24-14-4-2-3-11-5-6-23-16(11)14/h2-6,9,12-13H,7-8H2,1H3,(H,19,20,22)/t12-,13-. The molecule has 2 aromatic heterocycles. The molecule has 7 heteroatoms. The van der Waals surface area contributed by atoms with Gasteiger partial charge in [0.15, 0.2) is 22.2 Å². The highest BCUT2D eigenvalue weighted by molar-refractivity contribution is 7.17. The van der Waals surface area contributed by atoms with Gasteiger partial charge in [0.1, 0.15) is 6.10 Å². The van der Waals surface area contributed by atoms with Crippen molar-refractivity contribution in [3.05, 3.63) is 41.6 Å². The number of carbonyl (C=O) groups is 2. The summed E-state index contributed by atoms with van der Waals surface area (Å²) < 4.78 is 11.4. The third-order valence-electron chi connectivity index (χ3n) is 4.28. The van der Waals surface area contributed by atoms with Gasteiger partial charge in [0, 0.05) is 18.2 Å². The summed E-state index contributed by atoms with van der Waals surface area (Å²) in [5, 5.41) is 4.23. The highest BCUT2D eigenvalue weighted by Gasteiger charge is 2.36. The Labute approximate surface area is 147 Å². The van der Waals surface area contributed by atoms with Gasteiger partial charge >= 0.3 is 0 Å². The van der Waals surface area contributed by atoms with Crippen molar-refractivity contribution in [1.29, 1.82) is 0 Å². The minimum absolute atomic E-state index is 0.00414. The van der Waals surface area contributed by atoms with E-state index in [0.717, 1.165) is 11.0 Å². The zero-order chi connectivity index (χ0) is 17.4. The fraction of sp³-hybridized carbons (Fsp3) is 0.278. The lowest BCUT2D eigenvalue weighted by Crippen LogP contribution is -2.40. The number of carbonyl (C=O) groups excluding carboxylic acids is 2. The molecule has 1 aliphatic carbocycles. The van der Waals surface area contributed by atoms with Gasteiger partial charge in [0.25, 0.3) is 0 Å². The molecule has 4 rings (SSSR count). The molecule has 2 heterocycles. The number of aromatic nitrogens is 1. The van der Waals surface area contributed by atoms with Crippen LogP contribution in [0.4, 0.5) is 5.13 Å². The average Bonchev–Trinajstić information content (AvgIpc) is 3.19. The zero-order valence-corrected chi connectivity index (χ0v) is 14.3. The molecule has 0 bridgehead atoms. The first-order valence-electron chi connectivity index (χ1n) is 8.00. The van der Waals surface area contributed by atoms with Gasteiger partial charge in [-0.25, -0.2) is 4.98 Å². The van der Waals surface area contributed by atoms with Crippen LogP contribution in [0.1, 0.15) is 29.4 Å². The maximum Gasteiger partial charge on any atom is 0.229 e. The number of furan rings is 1. The second-order valence-corrected chi connectivity index (χ2v) is 7.11. The molecular formula is C18H16N2O4S. The second-order valence-electron chi connectivity index (χ2n) is 6.08. The highest BCUT2D eigenvalue weighted by Crippen LogP contribution is 2.35. The van der Waals surface area contributed by atoms with Gasteiger partial charge in [-0.1, -0.05) is 23.5 Å². The van der Waals surface area contributed by atoms with Crippen LogP contribution in [0.25, 0.3) is 11.0 Å². The minimum atomic E-state index is -0.106. The maximum atomic E-state index is 12.2. The predicted molar refractivity (Wildman–Crippen MR) is 94.1 cm³/mol. The first-order valence-corrected chi connectivity index (χ1v) is 8.82. The van der Waals surface area contributed by atoms with Crippen LogP contribution in [0.3, 0.4) is 0 Å². The Morgan fingerprint density at radius 1 is 1.32 bits per heavy atom. The van der Waals surface area contributed by atoms with Gasteiger partial charge in [-0.15, -0.1) is 0 Å². The highest BCUT2D eigenvalue weighted by atomic mass is 32.1. The quantitative estimate of drug-likeness (QED) is 0.702. The molecule has 1 saturated carbocycles. The molecule has 6 nitrogen and oxygen atoms in total. The van der Waals surface area contributed by atoms with Crippen LogP contribution < -0.4 is 10.1 Å². The van der Waals surface area contributed by atoms with E-state index >= 15 is 0 Å². The number of benzene rings is 1. The lowest BCUT2D eigenvalue weighted by Gasteiger charge is -2.34. The van der Waals surface area contributed by atoms with Gasteiger partial charge in [-0.3, -0.25) is 9.59 Å². The first kappa shape index (κ1) is 15.8. The molecular weight excluding hydrogens is 340 g/mol. The SMILES string of the molecule is CC(=O)c1cnc(NC(=O)[C@H]2C[C@H](Oc3cccc4ccoc34)C2)s1. The molecule has 0 saturated heterocycles. The van der Waals surface area contributed by atoms with E-state index in [1.54, 1.807) is 6.26 Å². The van der Waals surface area contributed by atoms with E-state index < -0.39 is 0 Å². The normalized spacial score (nSPS) is 19.4. The van der Waals surface area contributed by atoms with Crippen molar-refractivity contribution in [1.82, 2.24) is 4.98 Å². The summed E-state index contributed by atoms with van der Waals surface area (Å²) in [4.78, 5) is 28.1. The molecule has 25 heavy (non-hydrogen) atoms. The van der Waals surface area contributed by atoms with Crippen molar-refractivity contribution in [2.45, 2.75) is 25.9 Å². The number of ketones is 1. The summed E-state index contributed by atoms with van der Waals surface area (Å²) in [7, 11) is 0. The van der Waals surface area contributed by atoms with E-state index in [2.05, 4.69) is 10.3 Å². The number of anilines is 1. The monoisotopic (exact) mass is 356 g/mol. The number of fused-ring (bicyclic) bond motifs is 1. The third-order valence-corrected chi connectivity index (χ3v) is 5.30. The fourth-order valence-corrected chi connectivity index (χ4v) is 3.53. The topological polar surface area (TPSA) is 81.4 Å². The van der Waals surface area contributed by atoms with Crippen molar-refractivity contribution in [2.24, 2.45) is 5.92 Å². The number of ether oxygens (including phenoxy) is 1. The summed E-state index contributed by atoms with van der Waals surface area (Å²) in [5.41, 5.74) is 0.731. The van der Waals surface area contributed by atoms with Crippen LogP contribution in [0, 0.1) is 5.92 Å². The second kappa shape index (κ2) is 6.33. The van der Waals surface area contributed by atoms with Crippen LogP contribution in [0.2, 0.25) is 0 Å². The first-order chi connectivity index (χ1) is 12.1. The van der Waals surface area contributed by atoms with Crippen LogP contribution >= 0.6 is 11.3 Å². The fourth-order valence-electron chi connectivity index (χ4n) is 2.82. The lowest BCUT2D eigenvalue weighted by atomic mass is 9.81. The Bertz CT molecular complexity index is 939. The molecule has 0 spiro atoms. The third kappa shape index (κ3) is 3.15. The van der Waals surface area contributed by atoms with Crippen molar-refractivity contribution in [3.8, 4) is 5.75 Å². The Morgan fingerprint density at radius 2 is 2.16 bits per heavy atom. The lowest BCUT2D eigenvalue weighted by molar-refractivity contribution is -0.125. The Balaban J connectivity index is 1.33. The van der Waals surface area contributed by atoms with E-state index in [4.69, 9.17) is 9.15 Å². The Hall–Kier alpha value is -2.67. The van der Waals surface area contributed by atoms with Crippen molar-refractivity contribution >= 4 is 39.1 Å². The van der Waals surface area contributed by atoms with E-state index in [-0.39, 0.29) is 23.7 Å². The molecule has 3 aromatic rings. The number of nitrogens with zero attached hydrogens (tertiary/aromatic N) is 1. The molecule has 1 amide bonds. The smallest absolute Gasteiger partial charge is 0.229 e.